The highest BCUT2D eigenvalue weighted by Crippen LogP contribution is 2.32. The Labute approximate surface area is 259 Å². The number of halogens is 2. The quantitative estimate of drug-likeness (QED) is 0.144. The number of fused-ring (bicyclic) bond motifs is 2. The van der Waals surface area contributed by atoms with Crippen LogP contribution in [0.3, 0.4) is 0 Å². The lowest BCUT2D eigenvalue weighted by atomic mass is 9.96. The molecule has 1 unspecified atom stereocenters. The van der Waals surface area contributed by atoms with Gasteiger partial charge in [-0.2, -0.15) is 0 Å². The fourth-order valence-electron chi connectivity index (χ4n) is 5.51. The summed E-state index contributed by atoms with van der Waals surface area (Å²) in [6.07, 6.45) is 5.49. The Morgan fingerprint density at radius 1 is 0.930 bits per heavy atom. The van der Waals surface area contributed by atoms with Gasteiger partial charge in [-0.3, -0.25) is 4.79 Å². The number of carbonyl (C=O) groups excluding carboxylic acids is 1. The van der Waals surface area contributed by atoms with E-state index in [2.05, 4.69) is 44.2 Å². The summed E-state index contributed by atoms with van der Waals surface area (Å²) >= 11 is 12.7. The van der Waals surface area contributed by atoms with E-state index in [0.717, 1.165) is 45.6 Å². The molecule has 3 heterocycles. The molecule has 0 fully saturated rings. The van der Waals surface area contributed by atoms with Crippen molar-refractivity contribution in [1.29, 1.82) is 0 Å². The van der Waals surface area contributed by atoms with Crippen molar-refractivity contribution in [3.63, 3.8) is 0 Å². The Morgan fingerprint density at radius 2 is 1.63 bits per heavy atom. The van der Waals surface area contributed by atoms with Gasteiger partial charge in [0.25, 0.3) is 0 Å². The predicted octanol–water partition coefficient (Wildman–Crippen LogP) is 6.37. The first-order valence-corrected chi connectivity index (χ1v) is 15.0. The van der Waals surface area contributed by atoms with Crippen LogP contribution in [0.1, 0.15) is 48.1 Å². The van der Waals surface area contributed by atoms with Gasteiger partial charge in [-0.05, 0) is 61.2 Å². The molecule has 6 aromatic rings. The van der Waals surface area contributed by atoms with Gasteiger partial charge in [0.2, 0.25) is 5.91 Å². The first-order valence-electron chi connectivity index (χ1n) is 14.2. The third-order valence-corrected chi connectivity index (χ3v) is 8.57. The van der Waals surface area contributed by atoms with Gasteiger partial charge in [0.1, 0.15) is 11.6 Å². The minimum Gasteiger partial charge on any atom is -0.361 e. The van der Waals surface area contributed by atoms with Crippen molar-refractivity contribution < 1.29 is 4.79 Å². The minimum atomic E-state index is -1.02. The van der Waals surface area contributed by atoms with Crippen LogP contribution < -0.4 is 11.1 Å². The highest BCUT2D eigenvalue weighted by molar-refractivity contribution is 6.42. The number of hydrogen-bond donors (Lipinski definition) is 4. The Morgan fingerprint density at radius 3 is 2.37 bits per heavy atom. The number of aromatic nitrogens is 5. The summed E-state index contributed by atoms with van der Waals surface area (Å²) in [6, 6.07) is 22.0. The first-order chi connectivity index (χ1) is 20.7. The summed E-state index contributed by atoms with van der Waals surface area (Å²) in [7, 11) is 0. The molecule has 0 aliphatic heterocycles. The fraction of sp³-hybridized carbons (Fsp3) is 0.242. The number of aromatic amines is 2. The average molecular weight is 615 g/mol. The molecule has 220 valence electrons. The van der Waals surface area contributed by atoms with E-state index in [4.69, 9.17) is 39.1 Å². The second-order valence-electron chi connectivity index (χ2n) is 11.4. The van der Waals surface area contributed by atoms with E-state index in [9.17, 15) is 4.79 Å². The van der Waals surface area contributed by atoms with Crippen molar-refractivity contribution in [2.45, 2.75) is 44.7 Å². The molecule has 0 aliphatic rings. The van der Waals surface area contributed by atoms with E-state index < -0.39 is 5.54 Å². The summed E-state index contributed by atoms with van der Waals surface area (Å²) in [6.45, 7) is 4.16. The van der Waals surface area contributed by atoms with Crippen molar-refractivity contribution in [1.82, 2.24) is 30.0 Å². The maximum Gasteiger partial charge on any atom is 0.239 e. The zero-order valence-electron chi connectivity index (χ0n) is 24.0. The predicted molar refractivity (Wildman–Crippen MR) is 173 cm³/mol. The van der Waals surface area contributed by atoms with E-state index in [1.165, 1.54) is 10.9 Å². The third-order valence-electron chi connectivity index (χ3n) is 7.83. The van der Waals surface area contributed by atoms with Crippen LogP contribution in [-0.2, 0) is 24.2 Å². The number of nitrogens with two attached hydrogens (primary N) is 1. The standard InChI is InChI=1S/C33H33Cl2N7O/c1-33(2,36)32(43)39-18-25(24-17-38-29-10-6-4-8-23(24)29)31-41-40-30(42(31)19-20-11-13-26(34)27(35)15-20)14-12-21-16-37-28-9-5-3-7-22(21)28/h3-11,13,15-17,25,37-38H,12,14,18-19,36H2,1-2H3,(H,39,43). The SMILES string of the molecule is CC(C)(N)C(=O)NCC(c1c[nH]c2ccccc12)c1nnc(CCc2c[nH]c3ccccc23)n1Cc1ccc(Cl)c(Cl)c1. The molecule has 0 saturated carbocycles. The smallest absolute Gasteiger partial charge is 0.239 e. The Bertz CT molecular complexity index is 1910. The Balaban J connectivity index is 1.42. The van der Waals surface area contributed by atoms with Crippen LogP contribution >= 0.6 is 23.2 Å². The third kappa shape index (κ3) is 6.04. The van der Waals surface area contributed by atoms with Crippen LogP contribution in [0, 0.1) is 0 Å². The summed E-state index contributed by atoms with van der Waals surface area (Å²) in [5, 5.41) is 15.8. The van der Waals surface area contributed by atoms with Crippen LogP contribution in [0.25, 0.3) is 21.8 Å². The van der Waals surface area contributed by atoms with Gasteiger partial charge in [0.05, 0.1) is 28.0 Å². The van der Waals surface area contributed by atoms with Gasteiger partial charge in [0, 0.05) is 47.2 Å². The van der Waals surface area contributed by atoms with Crippen LogP contribution in [0.4, 0.5) is 0 Å². The van der Waals surface area contributed by atoms with Gasteiger partial charge in [0.15, 0.2) is 0 Å². The van der Waals surface area contributed by atoms with E-state index in [1.807, 2.05) is 48.7 Å². The number of amides is 1. The van der Waals surface area contributed by atoms with E-state index in [0.29, 0.717) is 29.6 Å². The topological polar surface area (TPSA) is 117 Å². The molecular formula is C33H33Cl2N7O. The number of para-hydroxylation sites is 2. The molecule has 43 heavy (non-hydrogen) atoms. The molecule has 0 spiro atoms. The molecule has 0 bridgehead atoms. The maximum atomic E-state index is 12.9. The highest BCUT2D eigenvalue weighted by atomic mass is 35.5. The molecule has 0 saturated heterocycles. The van der Waals surface area contributed by atoms with Crippen molar-refractivity contribution in [2.24, 2.45) is 5.73 Å². The number of aryl methyl sites for hydroxylation is 2. The molecule has 1 amide bonds. The van der Waals surface area contributed by atoms with E-state index >= 15 is 0 Å². The number of carbonyl (C=O) groups is 1. The number of nitrogens with zero attached hydrogens (tertiary/aromatic N) is 3. The maximum absolute atomic E-state index is 12.9. The molecule has 0 aliphatic carbocycles. The molecule has 6 rings (SSSR count). The molecular weight excluding hydrogens is 581 g/mol. The number of benzene rings is 3. The molecule has 8 nitrogen and oxygen atoms in total. The lowest BCUT2D eigenvalue weighted by Gasteiger charge is -2.23. The second-order valence-corrected chi connectivity index (χ2v) is 12.3. The normalized spacial score (nSPS) is 12.7. The van der Waals surface area contributed by atoms with E-state index in [-0.39, 0.29) is 11.8 Å². The summed E-state index contributed by atoms with van der Waals surface area (Å²) in [5.41, 5.74) is 10.4. The van der Waals surface area contributed by atoms with Crippen molar-refractivity contribution in [3.8, 4) is 0 Å². The van der Waals surface area contributed by atoms with Crippen molar-refractivity contribution in [3.05, 3.63) is 118 Å². The second kappa shape index (κ2) is 11.9. The summed E-state index contributed by atoms with van der Waals surface area (Å²) < 4.78 is 2.14. The Hall–Kier alpha value is -4.11. The van der Waals surface area contributed by atoms with Crippen molar-refractivity contribution in [2.75, 3.05) is 6.54 Å². The van der Waals surface area contributed by atoms with Crippen LogP contribution in [-0.4, -0.2) is 42.7 Å². The van der Waals surface area contributed by atoms with Gasteiger partial charge in [-0.25, -0.2) is 0 Å². The summed E-state index contributed by atoms with van der Waals surface area (Å²) in [5.74, 6) is 1.02. The van der Waals surface area contributed by atoms with Crippen LogP contribution in [0.15, 0.2) is 79.1 Å². The minimum absolute atomic E-state index is 0.243. The highest BCUT2D eigenvalue weighted by Gasteiger charge is 2.29. The number of nitrogens with one attached hydrogen (secondary N) is 3. The lowest BCUT2D eigenvalue weighted by Crippen LogP contribution is -2.50. The zero-order chi connectivity index (χ0) is 30.1. The molecule has 5 N–H and O–H groups in total. The van der Waals surface area contributed by atoms with Gasteiger partial charge >= 0.3 is 0 Å². The monoisotopic (exact) mass is 613 g/mol. The summed E-state index contributed by atoms with van der Waals surface area (Å²) in [4.78, 5) is 19.6. The molecule has 1 atom stereocenters. The number of rotatable bonds is 10. The van der Waals surface area contributed by atoms with Crippen molar-refractivity contribution >= 4 is 50.9 Å². The van der Waals surface area contributed by atoms with Gasteiger partial charge in [-0.1, -0.05) is 65.7 Å². The largest absolute Gasteiger partial charge is 0.361 e. The van der Waals surface area contributed by atoms with Gasteiger partial charge in [-0.15, -0.1) is 10.2 Å². The van der Waals surface area contributed by atoms with E-state index in [1.54, 1.807) is 19.9 Å². The molecule has 3 aromatic carbocycles. The van der Waals surface area contributed by atoms with Crippen LogP contribution in [0.5, 0.6) is 0 Å². The molecule has 10 heteroatoms. The molecule has 0 radical (unpaired) electrons. The van der Waals surface area contributed by atoms with Crippen LogP contribution in [0.2, 0.25) is 10.0 Å². The van der Waals surface area contributed by atoms with Gasteiger partial charge < -0.3 is 25.6 Å². The molecule has 3 aromatic heterocycles. The number of H-pyrrole nitrogens is 2. The zero-order valence-corrected chi connectivity index (χ0v) is 25.5. The number of hydrogen-bond acceptors (Lipinski definition) is 4. The fourth-order valence-corrected chi connectivity index (χ4v) is 5.84. The lowest BCUT2D eigenvalue weighted by molar-refractivity contribution is -0.125. The Kier molecular flexibility index (Phi) is 8.01. The first kappa shape index (κ1) is 29.0. The average Bonchev–Trinajstić information content (AvgIpc) is 3.71.